The fourth-order valence-corrected chi connectivity index (χ4v) is 1.54. The number of carbonyl (C=O) groups is 1. The Labute approximate surface area is 109 Å². The van der Waals surface area contributed by atoms with E-state index in [9.17, 15) is 4.79 Å². The van der Waals surface area contributed by atoms with Gasteiger partial charge in [-0.05, 0) is 19.8 Å². The van der Waals surface area contributed by atoms with Crippen molar-refractivity contribution in [1.29, 1.82) is 0 Å². The molecule has 0 fully saturated rings. The zero-order valence-corrected chi connectivity index (χ0v) is 10.5. The average molecular weight is 265 g/mol. The summed E-state index contributed by atoms with van der Waals surface area (Å²) in [5.74, 6) is 0.0397. The average Bonchev–Trinajstić information content (AvgIpc) is 2.96. The SMILES string of the molecule is Cc1cc(NC(=O)Cn2cc(CCCO)nn2)on1. The third kappa shape index (κ3) is 3.88. The first-order valence-corrected chi connectivity index (χ1v) is 5.90. The van der Waals surface area contributed by atoms with Crippen LogP contribution in [0.25, 0.3) is 0 Å². The van der Waals surface area contributed by atoms with Crippen LogP contribution in [0.4, 0.5) is 5.88 Å². The molecule has 0 aliphatic heterocycles. The molecule has 102 valence electrons. The summed E-state index contributed by atoms with van der Waals surface area (Å²) >= 11 is 0. The van der Waals surface area contributed by atoms with E-state index >= 15 is 0 Å². The van der Waals surface area contributed by atoms with Crippen LogP contribution in [-0.4, -0.2) is 37.8 Å². The van der Waals surface area contributed by atoms with Crippen molar-refractivity contribution in [2.45, 2.75) is 26.3 Å². The van der Waals surface area contributed by atoms with Gasteiger partial charge in [-0.1, -0.05) is 10.4 Å². The molecule has 0 spiro atoms. The van der Waals surface area contributed by atoms with E-state index in [0.29, 0.717) is 24.4 Å². The third-order valence-electron chi connectivity index (χ3n) is 2.37. The van der Waals surface area contributed by atoms with E-state index in [-0.39, 0.29) is 19.1 Å². The molecule has 19 heavy (non-hydrogen) atoms. The first-order chi connectivity index (χ1) is 9.17. The number of aliphatic hydroxyl groups is 1. The number of nitrogens with one attached hydrogen (secondary N) is 1. The molecule has 8 nitrogen and oxygen atoms in total. The number of hydrogen-bond donors (Lipinski definition) is 2. The topological polar surface area (TPSA) is 106 Å². The van der Waals surface area contributed by atoms with Crippen molar-refractivity contribution in [2.75, 3.05) is 11.9 Å². The number of rotatable bonds is 6. The number of carbonyl (C=O) groups excluding carboxylic acids is 1. The number of hydrogen-bond acceptors (Lipinski definition) is 6. The van der Waals surface area contributed by atoms with E-state index in [1.807, 2.05) is 0 Å². The molecule has 2 heterocycles. The number of aliphatic hydroxyl groups excluding tert-OH is 1. The molecule has 8 heteroatoms. The molecule has 2 aromatic heterocycles. The Balaban J connectivity index is 1.86. The van der Waals surface area contributed by atoms with Crippen LogP contribution in [0.5, 0.6) is 0 Å². The van der Waals surface area contributed by atoms with E-state index in [1.165, 1.54) is 4.68 Å². The van der Waals surface area contributed by atoms with Crippen molar-refractivity contribution in [1.82, 2.24) is 20.2 Å². The van der Waals surface area contributed by atoms with Gasteiger partial charge in [0, 0.05) is 18.9 Å². The Morgan fingerprint density at radius 1 is 1.58 bits per heavy atom. The van der Waals surface area contributed by atoms with Crippen molar-refractivity contribution < 1.29 is 14.4 Å². The fraction of sp³-hybridized carbons (Fsp3) is 0.455. The Hall–Kier alpha value is -2.22. The number of nitrogens with zero attached hydrogens (tertiary/aromatic N) is 4. The molecule has 1 amide bonds. The molecular weight excluding hydrogens is 250 g/mol. The number of aryl methyl sites for hydroxylation is 2. The number of amides is 1. The minimum Gasteiger partial charge on any atom is -0.396 e. The van der Waals surface area contributed by atoms with Gasteiger partial charge in [-0.15, -0.1) is 5.10 Å². The second-order valence-corrected chi connectivity index (χ2v) is 4.12. The molecule has 0 atom stereocenters. The zero-order chi connectivity index (χ0) is 13.7. The summed E-state index contributed by atoms with van der Waals surface area (Å²) in [7, 11) is 0. The van der Waals surface area contributed by atoms with Crippen molar-refractivity contribution >= 4 is 11.8 Å². The highest BCUT2D eigenvalue weighted by atomic mass is 16.5. The van der Waals surface area contributed by atoms with Crippen LogP contribution in [0.2, 0.25) is 0 Å². The van der Waals surface area contributed by atoms with Gasteiger partial charge in [-0.3, -0.25) is 10.1 Å². The molecule has 0 aliphatic carbocycles. The van der Waals surface area contributed by atoms with Gasteiger partial charge in [-0.2, -0.15) is 0 Å². The molecule has 2 aromatic rings. The molecule has 0 saturated carbocycles. The van der Waals surface area contributed by atoms with Crippen molar-refractivity contribution in [3.63, 3.8) is 0 Å². The van der Waals surface area contributed by atoms with Crippen LogP contribution in [0.1, 0.15) is 17.8 Å². The predicted octanol–water partition coefficient (Wildman–Crippen LogP) is 0.138. The molecule has 0 aliphatic rings. The van der Waals surface area contributed by atoms with Crippen LogP contribution >= 0.6 is 0 Å². The summed E-state index contributed by atoms with van der Waals surface area (Å²) in [5.41, 5.74) is 1.44. The summed E-state index contributed by atoms with van der Waals surface area (Å²) in [6.45, 7) is 1.92. The molecule has 0 saturated heterocycles. The molecule has 0 unspecified atom stereocenters. The lowest BCUT2D eigenvalue weighted by Gasteiger charge is -1.99. The summed E-state index contributed by atoms with van der Waals surface area (Å²) in [4.78, 5) is 11.7. The van der Waals surface area contributed by atoms with Crippen LogP contribution < -0.4 is 5.32 Å². The minimum atomic E-state index is -0.269. The van der Waals surface area contributed by atoms with E-state index in [1.54, 1.807) is 19.2 Å². The Morgan fingerprint density at radius 2 is 2.42 bits per heavy atom. The highest BCUT2D eigenvalue weighted by Gasteiger charge is 2.09. The summed E-state index contributed by atoms with van der Waals surface area (Å²) < 4.78 is 6.31. The zero-order valence-electron chi connectivity index (χ0n) is 10.5. The van der Waals surface area contributed by atoms with Crippen molar-refractivity contribution in [2.24, 2.45) is 0 Å². The maximum Gasteiger partial charge on any atom is 0.248 e. The highest BCUT2D eigenvalue weighted by Crippen LogP contribution is 2.08. The summed E-state index contributed by atoms with van der Waals surface area (Å²) in [6, 6.07) is 1.63. The third-order valence-corrected chi connectivity index (χ3v) is 2.37. The Bertz CT molecular complexity index is 548. The van der Waals surface area contributed by atoms with E-state index in [2.05, 4.69) is 20.8 Å². The first kappa shape index (κ1) is 13.2. The van der Waals surface area contributed by atoms with Crippen molar-refractivity contribution in [3.05, 3.63) is 23.7 Å². The molecule has 0 bridgehead atoms. The Kier molecular flexibility index (Phi) is 4.24. The van der Waals surface area contributed by atoms with Gasteiger partial charge in [0.2, 0.25) is 11.8 Å². The Morgan fingerprint density at radius 3 is 3.11 bits per heavy atom. The van der Waals surface area contributed by atoms with Crippen LogP contribution in [0.15, 0.2) is 16.8 Å². The van der Waals surface area contributed by atoms with E-state index in [4.69, 9.17) is 9.63 Å². The quantitative estimate of drug-likeness (QED) is 0.769. The van der Waals surface area contributed by atoms with Gasteiger partial charge in [0.15, 0.2) is 0 Å². The molecule has 2 rings (SSSR count). The number of anilines is 1. The van der Waals surface area contributed by atoms with Gasteiger partial charge < -0.3 is 9.63 Å². The maximum atomic E-state index is 11.7. The van der Waals surface area contributed by atoms with E-state index < -0.39 is 0 Å². The lowest BCUT2D eigenvalue weighted by atomic mass is 10.3. The monoisotopic (exact) mass is 265 g/mol. The largest absolute Gasteiger partial charge is 0.396 e. The predicted molar refractivity (Wildman–Crippen MR) is 65.3 cm³/mol. The molecule has 0 radical (unpaired) electrons. The second-order valence-electron chi connectivity index (χ2n) is 4.12. The molecule has 2 N–H and O–H groups in total. The summed E-state index contributed by atoms with van der Waals surface area (Å²) in [6.07, 6.45) is 2.95. The van der Waals surface area contributed by atoms with Crippen LogP contribution in [-0.2, 0) is 17.8 Å². The summed E-state index contributed by atoms with van der Waals surface area (Å²) in [5, 5.41) is 22.7. The normalized spacial score (nSPS) is 10.6. The van der Waals surface area contributed by atoms with Crippen molar-refractivity contribution in [3.8, 4) is 0 Å². The first-order valence-electron chi connectivity index (χ1n) is 5.90. The van der Waals surface area contributed by atoms with Gasteiger partial charge >= 0.3 is 0 Å². The minimum absolute atomic E-state index is 0.0475. The standard InChI is InChI=1S/C11H15N5O3/c1-8-5-11(19-14-8)12-10(18)7-16-6-9(13-15-16)3-2-4-17/h5-6,17H,2-4,7H2,1H3,(H,12,18). The maximum absolute atomic E-state index is 11.7. The van der Waals surface area contributed by atoms with E-state index in [0.717, 1.165) is 5.69 Å². The highest BCUT2D eigenvalue weighted by molar-refractivity contribution is 5.89. The van der Waals surface area contributed by atoms with Gasteiger partial charge in [0.05, 0.1) is 11.4 Å². The fourth-order valence-electron chi connectivity index (χ4n) is 1.54. The van der Waals surface area contributed by atoms with Gasteiger partial charge in [0.1, 0.15) is 6.54 Å². The number of aromatic nitrogens is 4. The molecule has 0 aromatic carbocycles. The lowest BCUT2D eigenvalue weighted by Crippen LogP contribution is -2.18. The second kappa shape index (κ2) is 6.10. The van der Waals surface area contributed by atoms with Gasteiger partial charge in [-0.25, -0.2) is 4.68 Å². The smallest absolute Gasteiger partial charge is 0.248 e. The molecular formula is C11H15N5O3. The van der Waals surface area contributed by atoms with Crippen LogP contribution in [0.3, 0.4) is 0 Å². The van der Waals surface area contributed by atoms with Gasteiger partial charge in [0.25, 0.3) is 0 Å². The lowest BCUT2D eigenvalue weighted by molar-refractivity contribution is -0.117. The van der Waals surface area contributed by atoms with Crippen LogP contribution in [0, 0.1) is 6.92 Å².